The van der Waals surface area contributed by atoms with Gasteiger partial charge in [0.1, 0.15) is 0 Å². The fraction of sp³-hybridized carbons (Fsp3) is 0.562. The van der Waals surface area contributed by atoms with Crippen LogP contribution in [0.3, 0.4) is 0 Å². The third-order valence-electron chi connectivity index (χ3n) is 3.23. The number of benzene rings is 1. The molecule has 0 radical (unpaired) electrons. The van der Waals surface area contributed by atoms with Crippen LogP contribution in [0.15, 0.2) is 24.3 Å². The number of anilines is 1. The molecule has 0 heterocycles. The Labute approximate surface area is 121 Å². The van der Waals surface area contributed by atoms with Crippen molar-refractivity contribution in [3.63, 3.8) is 0 Å². The largest absolute Gasteiger partial charge is 0.396 e. The van der Waals surface area contributed by atoms with Crippen molar-refractivity contribution in [2.45, 2.75) is 33.1 Å². The van der Waals surface area contributed by atoms with Crippen LogP contribution in [0.2, 0.25) is 0 Å². The third kappa shape index (κ3) is 5.72. The molecule has 1 rings (SSSR count). The van der Waals surface area contributed by atoms with Crippen molar-refractivity contribution in [2.75, 3.05) is 18.5 Å². The van der Waals surface area contributed by atoms with Crippen LogP contribution < -0.4 is 11.1 Å². The SMILES string of the molecule is CC(C)CC(CN)C(=O)Nc1cccc(CCCO)c1. The molecule has 0 aromatic heterocycles. The molecule has 0 aliphatic heterocycles. The van der Waals surface area contributed by atoms with E-state index in [1.807, 2.05) is 24.3 Å². The number of nitrogens with two attached hydrogens (primary N) is 1. The summed E-state index contributed by atoms with van der Waals surface area (Å²) in [6.45, 7) is 4.73. The zero-order valence-electron chi connectivity index (χ0n) is 12.4. The lowest BCUT2D eigenvalue weighted by Crippen LogP contribution is -2.30. The molecule has 0 aliphatic rings. The second kappa shape index (κ2) is 8.72. The molecular formula is C16H26N2O2. The van der Waals surface area contributed by atoms with Gasteiger partial charge < -0.3 is 16.2 Å². The Morgan fingerprint density at radius 2 is 2.15 bits per heavy atom. The van der Waals surface area contributed by atoms with Crippen LogP contribution in [0.5, 0.6) is 0 Å². The van der Waals surface area contributed by atoms with Crippen LogP contribution in [-0.2, 0) is 11.2 Å². The Morgan fingerprint density at radius 3 is 2.75 bits per heavy atom. The van der Waals surface area contributed by atoms with E-state index in [-0.39, 0.29) is 18.4 Å². The molecule has 1 aromatic carbocycles. The van der Waals surface area contributed by atoms with Crippen LogP contribution in [0, 0.1) is 11.8 Å². The number of carbonyl (C=O) groups excluding carboxylic acids is 1. The van der Waals surface area contributed by atoms with Crippen LogP contribution in [-0.4, -0.2) is 24.2 Å². The summed E-state index contributed by atoms with van der Waals surface area (Å²) in [5.74, 6) is 0.293. The van der Waals surface area contributed by atoms with Crippen molar-refractivity contribution in [2.24, 2.45) is 17.6 Å². The molecule has 0 saturated heterocycles. The highest BCUT2D eigenvalue weighted by Crippen LogP contribution is 2.16. The highest BCUT2D eigenvalue weighted by Gasteiger charge is 2.18. The highest BCUT2D eigenvalue weighted by atomic mass is 16.2. The number of nitrogens with one attached hydrogen (secondary N) is 1. The molecule has 1 unspecified atom stereocenters. The standard InChI is InChI=1S/C16H26N2O2/c1-12(2)9-14(11-17)16(20)18-15-7-3-5-13(10-15)6-4-8-19/h3,5,7,10,12,14,19H,4,6,8-9,11,17H2,1-2H3,(H,18,20). The van der Waals surface area contributed by atoms with Crippen molar-refractivity contribution in [3.8, 4) is 0 Å². The molecule has 0 spiro atoms. The lowest BCUT2D eigenvalue weighted by atomic mass is 9.96. The normalized spacial score (nSPS) is 12.4. The minimum atomic E-state index is -0.143. The van der Waals surface area contributed by atoms with E-state index < -0.39 is 0 Å². The van der Waals surface area contributed by atoms with Crippen LogP contribution in [0.4, 0.5) is 5.69 Å². The lowest BCUT2D eigenvalue weighted by molar-refractivity contribution is -0.120. The number of aliphatic hydroxyl groups excluding tert-OH is 1. The van der Waals surface area contributed by atoms with E-state index in [9.17, 15) is 4.79 Å². The average molecular weight is 278 g/mol. The van der Waals surface area contributed by atoms with Crippen LogP contribution in [0.25, 0.3) is 0 Å². The Morgan fingerprint density at radius 1 is 1.40 bits per heavy atom. The molecule has 20 heavy (non-hydrogen) atoms. The van der Waals surface area contributed by atoms with Crippen molar-refractivity contribution >= 4 is 11.6 Å². The molecule has 1 amide bonds. The number of aryl methyl sites for hydroxylation is 1. The Kier molecular flexibility index (Phi) is 7.26. The number of hydrogen-bond acceptors (Lipinski definition) is 3. The van der Waals surface area contributed by atoms with Gasteiger partial charge >= 0.3 is 0 Å². The van der Waals surface area contributed by atoms with Crippen molar-refractivity contribution in [1.82, 2.24) is 0 Å². The van der Waals surface area contributed by atoms with Gasteiger partial charge in [0.15, 0.2) is 0 Å². The average Bonchev–Trinajstić information content (AvgIpc) is 2.42. The van der Waals surface area contributed by atoms with Gasteiger partial charge in [0.25, 0.3) is 0 Å². The maximum Gasteiger partial charge on any atom is 0.228 e. The first kappa shape index (κ1) is 16.7. The topological polar surface area (TPSA) is 75.4 Å². The fourth-order valence-corrected chi connectivity index (χ4v) is 2.21. The first-order chi connectivity index (χ1) is 9.56. The minimum absolute atomic E-state index is 0.0134. The molecule has 1 atom stereocenters. The predicted octanol–water partition coefficient (Wildman–Crippen LogP) is 2.17. The van der Waals surface area contributed by atoms with Crippen molar-refractivity contribution in [1.29, 1.82) is 0 Å². The monoisotopic (exact) mass is 278 g/mol. The first-order valence-corrected chi connectivity index (χ1v) is 7.27. The zero-order chi connectivity index (χ0) is 15.0. The second-order valence-electron chi connectivity index (χ2n) is 5.58. The van der Waals surface area contributed by atoms with E-state index in [0.717, 1.165) is 30.5 Å². The minimum Gasteiger partial charge on any atom is -0.396 e. The summed E-state index contributed by atoms with van der Waals surface area (Å²) in [7, 11) is 0. The number of rotatable bonds is 8. The molecule has 0 saturated carbocycles. The van der Waals surface area contributed by atoms with Gasteiger partial charge in [-0.3, -0.25) is 4.79 Å². The van der Waals surface area contributed by atoms with E-state index >= 15 is 0 Å². The summed E-state index contributed by atoms with van der Waals surface area (Å²) in [4.78, 5) is 12.2. The quantitative estimate of drug-likeness (QED) is 0.682. The molecule has 112 valence electrons. The molecule has 4 N–H and O–H groups in total. The molecular weight excluding hydrogens is 252 g/mol. The van der Waals surface area contributed by atoms with Gasteiger partial charge in [0.05, 0.1) is 5.92 Å². The highest BCUT2D eigenvalue weighted by molar-refractivity contribution is 5.92. The Bertz CT molecular complexity index is 419. The smallest absolute Gasteiger partial charge is 0.228 e. The summed E-state index contributed by atoms with van der Waals surface area (Å²) in [5.41, 5.74) is 7.60. The first-order valence-electron chi connectivity index (χ1n) is 7.27. The fourth-order valence-electron chi connectivity index (χ4n) is 2.21. The van der Waals surface area contributed by atoms with E-state index in [4.69, 9.17) is 10.8 Å². The van der Waals surface area contributed by atoms with Gasteiger partial charge in [-0.2, -0.15) is 0 Å². The molecule has 0 aliphatic carbocycles. The van der Waals surface area contributed by atoms with E-state index in [0.29, 0.717) is 12.5 Å². The molecule has 4 heteroatoms. The molecule has 0 bridgehead atoms. The van der Waals surface area contributed by atoms with Gasteiger partial charge in [-0.25, -0.2) is 0 Å². The van der Waals surface area contributed by atoms with Gasteiger partial charge in [0.2, 0.25) is 5.91 Å². The second-order valence-corrected chi connectivity index (χ2v) is 5.58. The summed E-state index contributed by atoms with van der Waals surface area (Å²) in [6, 6.07) is 7.75. The maximum atomic E-state index is 12.2. The Balaban J connectivity index is 2.64. The van der Waals surface area contributed by atoms with Gasteiger partial charge in [-0.1, -0.05) is 26.0 Å². The summed E-state index contributed by atoms with van der Waals surface area (Å²) in [5, 5.41) is 11.8. The van der Waals surface area contributed by atoms with Crippen LogP contribution >= 0.6 is 0 Å². The van der Waals surface area contributed by atoms with E-state index in [2.05, 4.69) is 19.2 Å². The van der Waals surface area contributed by atoms with Crippen molar-refractivity contribution < 1.29 is 9.90 Å². The molecule has 1 aromatic rings. The number of hydrogen-bond donors (Lipinski definition) is 3. The molecule has 4 nitrogen and oxygen atoms in total. The number of aliphatic hydroxyl groups is 1. The third-order valence-corrected chi connectivity index (χ3v) is 3.23. The van der Waals surface area contributed by atoms with E-state index in [1.165, 1.54) is 0 Å². The van der Waals surface area contributed by atoms with Gasteiger partial charge in [-0.05, 0) is 42.9 Å². The van der Waals surface area contributed by atoms with Crippen molar-refractivity contribution in [3.05, 3.63) is 29.8 Å². The zero-order valence-corrected chi connectivity index (χ0v) is 12.4. The van der Waals surface area contributed by atoms with Crippen LogP contribution in [0.1, 0.15) is 32.3 Å². The molecule has 0 fully saturated rings. The summed E-state index contributed by atoms with van der Waals surface area (Å²) < 4.78 is 0. The maximum absolute atomic E-state index is 12.2. The van der Waals surface area contributed by atoms with E-state index in [1.54, 1.807) is 0 Å². The Hall–Kier alpha value is -1.39. The lowest BCUT2D eigenvalue weighted by Gasteiger charge is -2.17. The van der Waals surface area contributed by atoms with Gasteiger partial charge in [0, 0.05) is 18.8 Å². The summed E-state index contributed by atoms with van der Waals surface area (Å²) in [6.07, 6.45) is 2.34. The number of amides is 1. The number of carbonyl (C=O) groups is 1. The van der Waals surface area contributed by atoms with Gasteiger partial charge in [-0.15, -0.1) is 0 Å². The predicted molar refractivity (Wildman–Crippen MR) is 82.5 cm³/mol. The summed E-state index contributed by atoms with van der Waals surface area (Å²) >= 11 is 0.